The minimum atomic E-state index is -0.489. The smallest absolute Gasteiger partial charge is 0.270 e. The van der Waals surface area contributed by atoms with Crippen LogP contribution in [-0.2, 0) is 6.54 Å². The standard InChI is InChI=1S/C10H9N3O3/c14-10-2-1-9(13(15)16)5-8(10)6-12-4-3-11-7-12/h1-5,7,14H,6H2. The SMILES string of the molecule is O=[N+]([O-])c1ccc(O)c(Cn2ccnc2)c1. The fourth-order valence-electron chi connectivity index (χ4n) is 1.39. The van der Waals surface area contributed by atoms with E-state index in [1.54, 1.807) is 23.3 Å². The van der Waals surface area contributed by atoms with E-state index < -0.39 is 4.92 Å². The molecule has 82 valence electrons. The molecule has 2 aromatic rings. The molecule has 0 unspecified atom stereocenters. The highest BCUT2D eigenvalue weighted by Gasteiger charge is 2.10. The van der Waals surface area contributed by atoms with Crippen LogP contribution in [0.5, 0.6) is 5.75 Å². The quantitative estimate of drug-likeness (QED) is 0.627. The Balaban J connectivity index is 2.32. The van der Waals surface area contributed by atoms with E-state index in [4.69, 9.17) is 0 Å². The second-order valence-electron chi connectivity index (χ2n) is 3.31. The lowest BCUT2D eigenvalue weighted by atomic mass is 10.2. The van der Waals surface area contributed by atoms with E-state index in [1.807, 2.05) is 0 Å². The van der Waals surface area contributed by atoms with Crippen molar-refractivity contribution < 1.29 is 10.0 Å². The van der Waals surface area contributed by atoms with Crippen LogP contribution in [0.1, 0.15) is 5.56 Å². The molecule has 0 bridgehead atoms. The first-order chi connectivity index (χ1) is 7.66. The molecule has 2 rings (SSSR count). The van der Waals surface area contributed by atoms with Gasteiger partial charge in [-0.25, -0.2) is 4.98 Å². The third kappa shape index (κ3) is 2.00. The molecule has 0 aliphatic carbocycles. The summed E-state index contributed by atoms with van der Waals surface area (Å²) in [4.78, 5) is 13.9. The molecule has 0 radical (unpaired) electrons. The number of aromatic nitrogens is 2. The Labute approximate surface area is 90.9 Å². The van der Waals surface area contributed by atoms with Crippen molar-refractivity contribution in [1.82, 2.24) is 9.55 Å². The van der Waals surface area contributed by atoms with Crippen molar-refractivity contribution in [3.8, 4) is 5.75 Å². The number of phenols is 1. The number of phenolic OH excluding ortho intramolecular Hbond substituents is 1. The Morgan fingerprint density at radius 1 is 1.50 bits per heavy atom. The summed E-state index contributed by atoms with van der Waals surface area (Å²) in [5.74, 6) is 0.0410. The average molecular weight is 219 g/mol. The molecule has 16 heavy (non-hydrogen) atoms. The molecule has 1 aromatic heterocycles. The molecule has 6 nitrogen and oxygen atoms in total. The van der Waals surface area contributed by atoms with Gasteiger partial charge in [0.1, 0.15) is 5.75 Å². The Morgan fingerprint density at radius 3 is 2.94 bits per heavy atom. The minimum absolute atomic E-state index is 0.0343. The highest BCUT2D eigenvalue weighted by Crippen LogP contribution is 2.23. The molecule has 1 N–H and O–H groups in total. The van der Waals surface area contributed by atoms with Crippen LogP contribution >= 0.6 is 0 Å². The highest BCUT2D eigenvalue weighted by atomic mass is 16.6. The number of nitrogens with zero attached hydrogens (tertiary/aromatic N) is 3. The molecular formula is C10H9N3O3. The van der Waals surface area contributed by atoms with Crippen molar-refractivity contribution in [1.29, 1.82) is 0 Å². The fraction of sp³-hybridized carbons (Fsp3) is 0.100. The monoisotopic (exact) mass is 219 g/mol. The van der Waals surface area contributed by atoms with Gasteiger partial charge >= 0.3 is 0 Å². The number of nitro groups is 1. The normalized spacial score (nSPS) is 10.2. The first-order valence-corrected chi connectivity index (χ1v) is 4.59. The third-order valence-electron chi connectivity index (χ3n) is 2.19. The maximum Gasteiger partial charge on any atom is 0.270 e. The van der Waals surface area contributed by atoms with Gasteiger partial charge in [-0.1, -0.05) is 0 Å². The maximum absolute atomic E-state index is 10.6. The largest absolute Gasteiger partial charge is 0.508 e. The molecule has 0 aliphatic rings. The molecule has 0 amide bonds. The van der Waals surface area contributed by atoms with Gasteiger partial charge in [0, 0.05) is 30.1 Å². The van der Waals surface area contributed by atoms with Crippen LogP contribution in [0.15, 0.2) is 36.9 Å². The van der Waals surface area contributed by atoms with Crippen LogP contribution in [0, 0.1) is 10.1 Å². The molecule has 0 saturated carbocycles. The third-order valence-corrected chi connectivity index (χ3v) is 2.19. The number of hydrogen-bond acceptors (Lipinski definition) is 4. The summed E-state index contributed by atoms with van der Waals surface area (Å²) in [6.07, 6.45) is 4.91. The van der Waals surface area contributed by atoms with Gasteiger partial charge in [-0.15, -0.1) is 0 Å². The van der Waals surface area contributed by atoms with Crippen LogP contribution in [0.2, 0.25) is 0 Å². The van der Waals surface area contributed by atoms with E-state index >= 15 is 0 Å². The lowest BCUT2D eigenvalue weighted by Crippen LogP contribution is -1.98. The molecule has 0 saturated heterocycles. The van der Waals surface area contributed by atoms with E-state index in [9.17, 15) is 15.2 Å². The van der Waals surface area contributed by atoms with Gasteiger partial charge < -0.3 is 9.67 Å². The van der Waals surface area contributed by atoms with Gasteiger partial charge in [0.15, 0.2) is 0 Å². The number of non-ortho nitro benzene ring substituents is 1. The molecule has 1 aromatic carbocycles. The summed E-state index contributed by atoms with van der Waals surface area (Å²) < 4.78 is 1.72. The van der Waals surface area contributed by atoms with Crippen LogP contribution in [0.3, 0.4) is 0 Å². The number of hydrogen-bond donors (Lipinski definition) is 1. The van der Waals surface area contributed by atoms with Crippen molar-refractivity contribution >= 4 is 5.69 Å². The van der Waals surface area contributed by atoms with Crippen molar-refractivity contribution in [3.63, 3.8) is 0 Å². The second kappa shape index (κ2) is 4.01. The lowest BCUT2D eigenvalue weighted by molar-refractivity contribution is -0.384. The first-order valence-electron chi connectivity index (χ1n) is 4.59. The van der Waals surface area contributed by atoms with Gasteiger partial charge in [-0.3, -0.25) is 10.1 Å². The van der Waals surface area contributed by atoms with E-state index in [2.05, 4.69) is 4.98 Å². The topological polar surface area (TPSA) is 81.2 Å². The number of aromatic hydroxyl groups is 1. The Bertz CT molecular complexity index is 508. The van der Waals surface area contributed by atoms with Gasteiger partial charge in [0.05, 0.1) is 17.8 Å². The molecule has 1 heterocycles. The summed E-state index contributed by atoms with van der Waals surface area (Å²) in [7, 11) is 0. The number of nitro benzene ring substituents is 1. The number of rotatable bonds is 3. The summed E-state index contributed by atoms with van der Waals surface area (Å²) in [6.45, 7) is 0.355. The van der Waals surface area contributed by atoms with Gasteiger partial charge in [-0.05, 0) is 6.07 Å². The van der Waals surface area contributed by atoms with Crippen LogP contribution in [-0.4, -0.2) is 19.6 Å². The van der Waals surface area contributed by atoms with Gasteiger partial charge in [-0.2, -0.15) is 0 Å². The summed E-state index contributed by atoms with van der Waals surface area (Å²) in [5, 5.41) is 20.1. The molecule has 6 heteroatoms. The predicted molar refractivity (Wildman–Crippen MR) is 56.1 cm³/mol. The molecule has 0 aliphatic heterocycles. The Kier molecular flexibility index (Phi) is 2.55. The minimum Gasteiger partial charge on any atom is -0.508 e. The van der Waals surface area contributed by atoms with Crippen molar-refractivity contribution in [2.24, 2.45) is 0 Å². The van der Waals surface area contributed by atoms with Gasteiger partial charge in [0.2, 0.25) is 0 Å². The van der Waals surface area contributed by atoms with E-state index in [0.29, 0.717) is 12.1 Å². The molecular weight excluding hydrogens is 210 g/mol. The summed E-state index contributed by atoms with van der Waals surface area (Å²) in [6, 6.07) is 3.95. The van der Waals surface area contributed by atoms with Crippen LogP contribution in [0.25, 0.3) is 0 Å². The van der Waals surface area contributed by atoms with Crippen molar-refractivity contribution in [2.45, 2.75) is 6.54 Å². The van der Waals surface area contributed by atoms with E-state index in [0.717, 1.165) is 0 Å². The van der Waals surface area contributed by atoms with E-state index in [-0.39, 0.29) is 11.4 Å². The van der Waals surface area contributed by atoms with Crippen molar-refractivity contribution in [2.75, 3.05) is 0 Å². The van der Waals surface area contributed by atoms with Crippen molar-refractivity contribution in [3.05, 3.63) is 52.6 Å². The highest BCUT2D eigenvalue weighted by molar-refractivity contribution is 5.43. The molecule has 0 fully saturated rings. The summed E-state index contributed by atoms with van der Waals surface area (Å²) >= 11 is 0. The van der Waals surface area contributed by atoms with Crippen LogP contribution < -0.4 is 0 Å². The van der Waals surface area contributed by atoms with E-state index in [1.165, 1.54) is 18.2 Å². The zero-order chi connectivity index (χ0) is 11.5. The summed E-state index contributed by atoms with van der Waals surface area (Å²) in [5.41, 5.74) is 0.458. The molecule has 0 spiro atoms. The van der Waals surface area contributed by atoms with Crippen LogP contribution in [0.4, 0.5) is 5.69 Å². The number of imidazole rings is 1. The molecule has 0 atom stereocenters. The second-order valence-corrected chi connectivity index (χ2v) is 3.31. The fourth-order valence-corrected chi connectivity index (χ4v) is 1.39. The zero-order valence-corrected chi connectivity index (χ0v) is 8.28. The van der Waals surface area contributed by atoms with Gasteiger partial charge in [0.25, 0.3) is 5.69 Å². The Morgan fingerprint density at radius 2 is 2.31 bits per heavy atom. The predicted octanol–water partition coefficient (Wildman–Crippen LogP) is 1.55. The first kappa shape index (κ1) is 10.2. The number of benzene rings is 1. The lowest BCUT2D eigenvalue weighted by Gasteiger charge is -2.04. The maximum atomic E-state index is 10.6. The Hall–Kier alpha value is -2.37. The average Bonchev–Trinajstić information content (AvgIpc) is 2.73. The zero-order valence-electron chi connectivity index (χ0n) is 8.28.